The van der Waals surface area contributed by atoms with Crippen LogP contribution in [0.1, 0.15) is 329 Å². The molecule has 0 radical (unpaired) electrons. The maximum absolute atomic E-state index is 12.9. The number of carbonyl (C=O) groups is 3. The lowest BCUT2D eigenvalue weighted by Crippen LogP contribution is -2.30. The number of ether oxygens (including phenoxy) is 3. The molecule has 0 aliphatic heterocycles. The fourth-order valence-electron chi connectivity index (χ4n) is 9.63. The van der Waals surface area contributed by atoms with Crippen molar-refractivity contribution in [2.24, 2.45) is 0 Å². The Kier molecular flexibility index (Phi) is 65.2. The summed E-state index contributed by atoms with van der Waals surface area (Å²) >= 11 is 0. The lowest BCUT2D eigenvalue weighted by Gasteiger charge is -2.18. The molecule has 0 aliphatic carbocycles. The van der Waals surface area contributed by atoms with Gasteiger partial charge in [0.1, 0.15) is 13.2 Å². The molecule has 0 heterocycles. The zero-order valence-corrected chi connectivity index (χ0v) is 53.3. The van der Waals surface area contributed by atoms with Crippen LogP contribution in [0.5, 0.6) is 0 Å². The molecule has 0 aliphatic rings. The molecule has 0 saturated heterocycles. The fourth-order valence-corrected chi connectivity index (χ4v) is 9.63. The van der Waals surface area contributed by atoms with Crippen molar-refractivity contribution in [3.8, 4) is 0 Å². The average molecular weight is 1130 g/mol. The lowest BCUT2D eigenvalue weighted by atomic mass is 10.0. The number of rotatable bonds is 62. The van der Waals surface area contributed by atoms with E-state index in [0.717, 1.165) is 116 Å². The molecule has 6 nitrogen and oxygen atoms in total. The standard InChI is InChI=1S/C75H128O6/c1-4-7-10-13-16-19-22-25-27-29-30-31-32-33-34-35-36-37-38-39-40-41-42-43-44-45-46-47-49-50-53-56-59-62-65-68-74(77)80-71-72(70-79-73(76)67-64-61-58-55-52-24-21-18-15-12-9-6-3)81-75(78)69-66-63-60-57-54-51-48-28-26-23-20-17-14-11-8-5-2/h7,10,16,18-19,21,25,27,30-31,33-34,36-37,39-40,42-43,72H,4-6,8-9,11-15,17,20,22-24,26,28-29,32,35,38,41,44-71H2,1-3H3/b10-7-,19-16-,21-18-,27-25-,31-30-,34-33-,37-36-,40-39-,43-42-. The highest BCUT2D eigenvalue weighted by molar-refractivity contribution is 5.71. The minimum Gasteiger partial charge on any atom is -0.462 e. The Hall–Kier alpha value is -3.93. The molecule has 464 valence electrons. The first-order valence-corrected chi connectivity index (χ1v) is 34.4. The van der Waals surface area contributed by atoms with Crippen LogP contribution in [0.4, 0.5) is 0 Å². The summed E-state index contributed by atoms with van der Waals surface area (Å²) in [6.07, 6.45) is 94.0. The number of esters is 3. The largest absolute Gasteiger partial charge is 0.462 e. The molecule has 0 saturated carbocycles. The van der Waals surface area contributed by atoms with Crippen molar-refractivity contribution in [2.75, 3.05) is 13.2 Å². The summed E-state index contributed by atoms with van der Waals surface area (Å²) in [6.45, 7) is 6.52. The van der Waals surface area contributed by atoms with E-state index in [1.54, 1.807) is 0 Å². The van der Waals surface area contributed by atoms with E-state index in [4.69, 9.17) is 14.2 Å². The molecule has 0 aromatic heterocycles. The molecule has 0 amide bonds. The van der Waals surface area contributed by atoms with Crippen molar-refractivity contribution in [1.29, 1.82) is 0 Å². The molecule has 1 unspecified atom stereocenters. The molecule has 0 fully saturated rings. The van der Waals surface area contributed by atoms with Gasteiger partial charge in [-0.15, -0.1) is 0 Å². The molecular weight excluding hydrogens is 997 g/mol. The molecule has 1 atom stereocenters. The van der Waals surface area contributed by atoms with Gasteiger partial charge in [0.25, 0.3) is 0 Å². The SMILES string of the molecule is CC/C=C\C/C=C\C/C=C\C/C=C\C/C=C\C/C=C\C/C=C\C/C=C\CCCCCCCCCCCCC(=O)OCC(COC(=O)CCCCCCC/C=C\CCCCC)OC(=O)CCCCCCCCCCCCCCCCCC. The van der Waals surface area contributed by atoms with Crippen LogP contribution in [0.2, 0.25) is 0 Å². The van der Waals surface area contributed by atoms with Gasteiger partial charge in [0.2, 0.25) is 0 Å². The van der Waals surface area contributed by atoms with Gasteiger partial charge in [-0.3, -0.25) is 14.4 Å². The van der Waals surface area contributed by atoms with Crippen molar-refractivity contribution in [3.63, 3.8) is 0 Å². The Labute approximate surface area is 501 Å². The Bertz CT molecular complexity index is 1620. The molecule has 0 rings (SSSR count). The maximum Gasteiger partial charge on any atom is 0.306 e. The summed E-state index contributed by atoms with van der Waals surface area (Å²) in [4.78, 5) is 38.3. The highest BCUT2D eigenvalue weighted by atomic mass is 16.6. The van der Waals surface area contributed by atoms with Gasteiger partial charge in [-0.2, -0.15) is 0 Å². The minimum absolute atomic E-state index is 0.0796. The van der Waals surface area contributed by atoms with E-state index in [-0.39, 0.29) is 31.1 Å². The lowest BCUT2D eigenvalue weighted by molar-refractivity contribution is -0.167. The Balaban J connectivity index is 4.20. The highest BCUT2D eigenvalue weighted by Crippen LogP contribution is 2.17. The van der Waals surface area contributed by atoms with Crippen molar-refractivity contribution in [2.45, 2.75) is 335 Å². The van der Waals surface area contributed by atoms with E-state index < -0.39 is 6.10 Å². The van der Waals surface area contributed by atoms with Gasteiger partial charge >= 0.3 is 17.9 Å². The quantitative estimate of drug-likeness (QED) is 0.0261. The zero-order chi connectivity index (χ0) is 58.5. The maximum atomic E-state index is 12.9. The van der Waals surface area contributed by atoms with Crippen LogP contribution in [0, 0.1) is 0 Å². The van der Waals surface area contributed by atoms with Gasteiger partial charge in [0.05, 0.1) is 0 Å². The van der Waals surface area contributed by atoms with Gasteiger partial charge < -0.3 is 14.2 Å². The first kappa shape index (κ1) is 77.1. The Morgan fingerprint density at radius 2 is 0.481 bits per heavy atom. The molecular formula is C75H128O6. The number of hydrogen-bond acceptors (Lipinski definition) is 6. The van der Waals surface area contributed by atoms with Crippen LogP contribution in [0.25, 0.3) is 0 Å². The topological polar surface area (TPSA) is 78.9 Å². The third-order valence-corrected chi connectivity index (χ3v) is 14.8. The zero-order valence-electron chi connectivity index (χ0n) is 53.3. The van der Waals surface area contributed by atoms with E-state index in [1.165, 1.54) is 173 Å². The van der Waals surface area contributed by atoms with E-state index in [0.29, 0.717) is 19.3 Å². The smallest absolute Gasteiger partial charge is 0.306 e. The Morgan fingerprint density at radius 1 is 0.259 bits per heavy atom. The van der Waals surface area contributed by atoms with Crippen molar-refractivity contribution < 1.29 is 28.6 Å². The summed E-state index contributed by atoms with van der Waals surface area (Å²) < 4.78 is 16.9. The molecule has 6 heteroatoms. The van der Waals surface area contributed by atoms with Gasteiger partial charge in [0.15, 0.2) is 6.10 Å². The number of carbonyl (C=O) groups excluding carboxylic acids is 3. The first-order valence-electron chi connectivity index (χ1n) is 34.4. The monoisotopic (exact) mass is 1120 g/mol. The molecule has 0 N–H and O–H groups in total. The van der Waals surface area contributed by atoms with Crippen LogP contribution < -0.4 is 0 Å². The average Bonchev–Trinajstić information content (AvgIpc) is 3.47. The Morgan fingerprint density at radius 3 is 0.790 bits per heavy atom. The van der Waals surface area contributed by atoms with E-state index in [1.807, 2.05) is 0 Å². The van der Waals surface area contributed by atoms with Gasteiger partial charge in [-0.25, -0.2) is 0 Å². The van der Waals surface area contributed by atoms with Gasteiger partial charge in [0, 0.05) is 19.3 Å². The third-order valence-electron chi connectivity index (χ3n) is 14.8. The summed E-state index contributed by atoms with van der Waals surface area (Å²) in [5, 5.41) is 0. The van der Waals surface area contributed by atoms with Crippen molar-refractivity contribution >= 4 is 17.9 Å². The van der Waals surface area contributed by atoms with Crippen LogP contribution in [-0.4, -0.2) is 37.2 Å². The highest BCUT2D eigenvalue weighted by Gasteiger charge is 2.19. The van der Waals surface area contributed by atoms with Crippen LogP contribution >= 0.6 is 0 Å². The molecule has 0 bridgehead atoms. The van der Waals surface area contributed by atoms with E-state index in [2.05, 4.69) is 130 Å². The normalized spacial score (nSPS) is 12.8. The molecule has 0 aromatic carbocycles. The third kappa shape index (κ3) is 66.8. The second-order valence-electron chi connectivity index (χ2n) is 22.7. The molecule has 0 spiro atoms. The van der Waals surface area contributed by atoms with Crippen LogP contribution in [-0.2, 0) is 28.6 Å². The number of allylic oxidation sites excluding steroid dienone is 18. The second-order valence-corrected chi connectivity index (χ2v) is 22.7. The summed E-state index contributed by atoms with van der Waals surface area (Å²) in [5.74, 6) is -0.879. The predicted octanol–water partition coefficient (Wildman–Crippen LogP) is 23.8. The van der Waals surface area contributed by atoms with Crippen molar-refractivity contribution in [1.82, 2.24) is 0 Å². The van der Waals surface area contributed by atoms with Crippen molar-refractivity contribution in [3.05, 3.63) is 109 Å². The van der Waals surface area contributed by atoms with Gasteiger partial charge in [-0.1, -0.05) is 310 Å². The molecule has 0 aromatic rings. The van der Waals surface area contributed by atoms with E-state index in [9.17, 15) is 14.4 Å². The van der Waals surface area contributed by atoms with Gasteiger partial charge in [-0.05, 0) is 109 Å². The summed E-state index contributed by atoms with van der Waals surface area (Å²) in [5.41, 5.74) is 0. The summed E-state index contributed by atoms with van der Waals surface area (Å²) in [6, 6.07) is 0. The minimum atomic E-state index is -0.782. The first-order chi connectivity index (χ1) is 40.0. The van der Waals surface area contributed by atoms with E-state index >= 15 is 0 Å². The molecule has 81 heavy (non-hydrogen) atoms. The number of unbranched alkanes of at least 4 members (excludes halogenated alkanes) is 33. The van der Waals surface area contributed by atoms with Crippen LogP contribution in [0.3, 0.4) is 0 Å². The fraction of sp³-hybridized carbons (Fsp3) is 0.720. The number of hydrogen-bond donors (Lipinski definition) is 0. The summed E-state index contributed by atoms with van der Waals surface area (Å²) in [7, 11) is 0. The second kappa shape index (κ2) is 68.6. The predicted molar refractivity (Wildman–Crippen MR) is 353 cm³/mol. The van der Waals surface area contributed by atoms with Crippen LogP contribution in [0.15, 0.2) is 109 Å².